The summed E-state index contributed by atoms with van der Waals surface area (Å²) >= 11 is 6.16. The van der Waals surface area contributed by atoms with Crippen LogP contribution in [0.5, 0.6) is 0 Å². The van der Waals surface area contributed by atoms with E-state index < -0.39 is 16.2 Å². The fraction of sp³-hybridized carbons (Fsp3) is 0.529. The van der Waals surface area contributed by atoms with Gasteiger partial charge < -0.3 is 10.1 Å². The minimum atomic E-state index is -3.46. The number of carbonyl (C=O) groups excluding carboxylic acids is 2. The van der Waals surface area contributed by atoms with Gasteiger partial charge in [0.1, 0.15) is 0 Å². The van der Waals surface area contributed by atoms with Crippen molar-refractivity contribution in [2.75, 3.05) is 39.1 Å². The molecule has 0 atom stereocenters. The van der Waals surface area contributed by atoms with E-state index in [4.69, 9.17) is 16.3 Å². The van der Waals surface area contributed by atoms with Crippen molar-refractivity contribution in [2.24, 2.45) is 5.92 Å². The maximum absolute atomic E-state index is 12.5. The SMILES string of the molecule is CCOC(=O)c1ccc(NC(=O)C2CCN(S(=O)(=O)N(C)C)CC2)c(Cl)c1. The molecule has 1 N–H and O–H groups in total. The van der Waals surface area contributed by atoms with Crippen molar-refractivity contribution in [1.29, 1.82) is 0 Å². The zero-order chi connectivity index (χ0) is 20.2. The molecule has 1 aromatic carbocycles. The van der Waals surface area contributed by atoms with Crippen LogP contribution in [0.1, 0.15) is 30.1 Å². The van der Waals surface area contributed by atoms with E-state index in [1.807, 2.05) is 0 Å². The highest BCUT2D eigenvalue weighted by Crippen LogP contribution is 2.26. The predicted molar refractivity (Wildman–Crippen MR) is 103 cm³/mol. The summed E-state index contributed by atoms with van der Waals surface area (Å²) in [6, 6.07) is 4.53. The Bertz CT molecular complexity index is 805. The monoisotopic (exact) mass is 417 g/mol. The minimum Gasteiger partial charge on any atom is -0.462 e. The van der Waals surface area contributed by atoms with Gasteiger partial charge in [-0.1, -0.05) is 11.6 Å². The van der Waals surface area contributed by atoms with Gasteiger partial charge >= 0.3 is 5.97 Å². The lowest BCUT2D eigenvalue weighted by Crippen LogP contribution is -2.46. The molecule has 150 valence electrons. The summed E-state index contributed by atoms with van der Waals surface area (Å²) in [5.41, 5.74) is 0.708. The number of ether oxygens (including phenoxy) is 1. The smallest absolute Gasteiger partial charge is 0.338 e. The molecule has 27 heavy (non-hydrogen) atoms. The average molecular weight is 418 g/mol. The molecule has 0 aromatic heterocycles. The zero-order valence-electron chi connectivity index (χ0n) is 15.6. The Morgan fingerprint density at radius 1 is 1.30 bits per heavy atom. The topological polar surface area (TPSA) is 96.0 Å². The number of nitrogens with zero attached hydrogens (tertiary/aromatic N) is 2. The molecule has 1 fully saturated rings. The number of hydrogen-bond donors (Lipinski definition) is 1. The van der Waals surface area contributed by atoms with Crippen LogP contribution in [0, 0.1) is 5.92 Å². The lowest BCUT2D eigenvalue weighted by atomic mass is 9.97. The molecule has 0 saturated carbocycles. The van der Waals surface area contributed by atoms with E-state index in [2.05, 4.69) is 5.32 Å². The summed E-state index contributed by atoms with van der Waals surface area (Å²) in [6.45, 7) is 2.54. The van der Waals surface area contributed by atoms with Gasteiger partial charge in [-0.25, -0.2) is 4.79 Å². The molecule has 0 radical (unpaired) electrons. The molecule has 0 unspecified atom stereocenters. The van der Waals surface area contributed by atoms with E-state index >= 15 is 0 Å². The molecule has 8 nitrogen and oxygen atoms in total. The van der Waals surface area contributed by atoms with Gasteiger partial charge in [-0.2, -0.15) is 17.0 Å². The van der Waals surface area contributed by atoms with Crippen LogP contribution in [0.3, 0.4) is 0 Å². The third-order valence-electron chi connectivity index (χ3n) is 4.35. The van der Waals surface area contributed by atoms with Gasteiger partial charge in [0.25, 0.3) is 10.2 Å². The summed E-state index contributed by atoms with van der Waals surface area (Å²) in [5.74, 6) is -1.01. The summed E-state index contributed by atoms with van der Waals surface area (Å²) in [7, 11) is -0.498. The largest absolute Gasteiger partial charge is 0.462 e. The van der Waals surface area contributed by atoms with Crippen LogP contribution in [0.25, 0.3) is 0 Å². The number of halogens is 1. The third kappa shape index (κ3) is 5.19. The molecule has 10 heteroatoms. The first-order valence-corrected chi connectivity index (χ1v) is 10.4. The molecule has 0 aliphatic carbocycles. The maximum atomic E-state index is 12.5. The van der Waals surface area contributed by atoms with Gasteiger partial charge in [-0.05, 0) is 38.0 Å². The van der Waals surface area contributed by atoms with Gasteiger partial charge in [0, 0.05) is 33.1 Å². The Labute approximate surface area is 164 Å². The highest BCUT2D eigenvalue weighted by Gasteiger charge is 2.32. The minimum absolute atomic E-state index is 0.220. The Morgan fingerprint density at radius 2 is 1.93 bits per heavy atom. The number of piperidine rings is 1. The van der Waals surface area contributed by atoms with Crippen LogP contribution in [-0.4, -0.2) is 62.7 Å². The van der Waals surface area contributed by atoms with E-state index in [1.54, 1.807) is 13.0 Å². The summed E-state index contributed by atoms with van der Waals surface area (Å²) in [5, 5.41) is 2.99. The molecule has 1 saturated heterocycles. The lowest BCUT2D eigenvalue weighted by molar-refractivity contribution is -0.120. The van der Waals surface area contributed by atoms with E-state index in [1.165, 1.54) is 30.5 Å². The van der Waals surface area contributed by atoms with E-state index in [0.717, 1.165) is 4.31 Å². The number of benzene rings is 1. The Morgan fingerprint density at radius 3 is 2.44 bits per heavy atom. The van der Waals surface area contributed by atoms with E-state index in [-0.39, 0.29) is 36.5 Å². The van der Waals surface area contributed by atoms with Crippen LogP contribution in [-0.2, 0) is 19.7 Å². The number of esters is 1. The zero-order valence-corrected chi connectivity index (χ0v) is 17.1. The summed E-state index contributed by atoms with van der Waals surface area (Å²) < 4.78 is 31.7. The number of amides is 1. The van der Waals surface area contributed by atoms with Gasteiger partial charge in [0.05, 0.1) is 22.9 Å². The number of carbonyl (C=O) groups is 2. The first-order valence-electron chi connectivity index (χ1n) is 8.62. The number of hydrogen-bond acceptors (Lipinski definition) is 5. The maximum Gasteiger partial charge on any atom is 0.338 e. The Balaban J connectivity index is 1.98. The standard InChI is InChI=1S/C17H24ClN3O5S/c1-4-26-17(23)13-5-6-15(14(18)11-13)19-16(22)12-7-9-21(10-8-12)27(24,25)20(2)3/h5-6,11-12H,4,7-10H2,1-3H3,(H,19,22). The van der Waals surface area contributed by atoms with Crippen molar-refractivity contribution >= 4 is 39.4 Å². The van der Waals surface area contributed by atoms with Gasteiger partial charge in [-0.3, -0.25) is 4.79 Å². The van der Waals surface area contributed by atoms with Gasteiger partial charge in [-0.15, -0.1) is 0 Å². The molecule has 0 bridgehead atoms. The second kappa shape index (κ2) is 9.01. The number of anilines is 1. The van der Waals surface area contributed by atoms with Crippen molar-refractivity contribution in [3.63, 3.8) is 0 Å². The Hall–Kier alpha value is -1.68. The van der Waals surface area contributed by atoms with Crippen molar-refractivity contribution < 1.29 is 22.7 Å². The molecule has 0 spiro atoms. The third-order valence-corrected chi connectivity index (χ3v) is 6.60. The molecule has 1 heterocycles. The molecule has 1 aliphatic rings. The van der Waals surface area contributed by atoms with Crippen LogP contribution < -0.4 is 5.32 Å². The van der Waals surface area contributed by atoms with E-state index in [0.29, 0.717) is 24.1 Å². The van der Waals surface area contributed by atoms with Crippen LogP contribution in [0.15, 0.2) is 18.2 Å². The molecule has 1 amide bonds. The fourth-order valence-corrected chi connectivity index (χ4v) is 4.13. The average Bonchev–Trinajstić information content (AvgIpc) is 2.63. The van der Waals surface area contributed by atoms with Crippen LogP contribution in [0.2, 0.25) is 5.02 Å². The second-order valence-corrected chi connectivity index (χ2v) is 8.92. The summed E-state index contributed by atoms with van der Waals surface area (Å²) in [6.07, 6.45) is 0.856. The molecular formula is C17H24ClN3O5S. The quantitative estimate of drug-likeness (QED) is 0.714. The van der Waals surface area contributed by atoms with Gasteiger partial charge in [0.15, 0.2) is 0 Å². The Kier molecular flexibility index (Phi) is 7.21. The summed E-state index contributed by atoms with van der Waals surface area (Å²) in [4.78, 5) is 24.2. The van der Waals surface area contributed by atoms with Crippen molar-refractivity contribution in [3.8, 4) is 0 Å². The first-order chi connectivity index (χ1) is 12.7. The lowest BCUT2D eigenvalue weighted by Gasteiger charge is -2.32. The first kappa shape index (κ1) is 21.6. The molecule has 2 rings (SSSR count). The fourth-order valence-electron chi connectivity index (χ4n) is 2.77. The van der Waals surface area contributed by atoms with E-state index in [9.17, 15) is 18.0 Å². The second-order valence-electron chi connectivity index (χ2n) is 6.37. The van der Waals surface area contributed by atoms with Crippen LogP contribution in [0.4, 0.5) is 5.69 Å². The number of rotatable bonds is 6. The van der Waals surface area contributed by atoms with Gasteiger partial charge in [0.2, 0.25) is 5.91 Å². The number of nitrogens with one attached hydrogen (secondary N) is 1. The van der Waals surface area contributed by atoms with Crippen molar-refractivity contribution in [1.82, 2.24) is 8.61 Å². The molecule has 1 aromatic rings. The van der Waals surface area contributed by atoms with Crippen LogP contribution >= 0.6 is 11.6 Å². The predicted octanol–water partition coefficient (Wildman–Crippen LogP) is 1.97. The van der Waals surface area contributed by atoms with Crippen molar-refractivity contribution in [2.45, 2.75) is 19.8 Å². The van der Waals surface area contributed by atoms with Crippen molar-refractivity contribution in [3.05, 3.63) is 28.8 Å². The molecule has 1 aliphatic heterocycles. The normalized spacial score (nSPS) is 16.3. The molecular weight excluding hydrogens is 394 g/mol. The highest BCUT2D eigenvalue weighted by atomic mass is 35.5. The highest BCUT2D eigenvalue weighted by molar-refractivity contribution is 7.86.